The molecule has 0 amide bonds. The summed E-state index contributed by atoms with van der Waals surface area (Å²) < 4.78 is 0. The quantitative estimate of drug-likeness (QED) is 0.151. The van der Waals surface area contributed by atoms with Crippen LogP contribution in [0, 0.1) is 27.7 Å². The van der Waals surface area contributed by atoms with Crippen molar-refractivity contribution >= 4 is 34.1 Å². The van der Waals surface area contributed by atoms with Crippen LogP contribution < -0.4 is 9.80 Å². The molecule has 7 aromatic carbocycles. The second-order valence-electron chi connectivity index (χ2n) is 13.5. The number of anilines is 6. The van der Waals surface area contributed by atoms with Crippen LogP contribution in [0.4, 0.5) is 34.1 Å². The number of hydrogen-bond donors (Lipinski definition) is 2. The van der Waals surface area contributed by atoms with E-state index in [0.717, 1.165) is 67.5 Å². The molecule has 0 saturated heterocycles. The van der Waals surface area contributed by atoms with E-state index >= 15 is 0 Å². The van der Waals surface area contributed by atoms with Gasteiger partial charge < -0.3 is 20.0 Å². The van der Waals surface area contributed by atoms with Gasteiger partial charge in [-0.05, 0) is 156 Å². The lowest BCUT2D eigenvalue weighted by atomic mass is 9.99. The monoisotopic (exact) mass is 680 g/mol. The third-order valence-corrected chi connectivity index (χ3v) is 10.1. The molecule has 0 spiro atoms. The lowest BCUT2D eigenvalue weighted by molar-refractivity contribution is 0.281. The van der Waals surface area contributed by atoms with Crippen molar-refractivity contribution in [1.82, 2.24) is 0 Å². The molecular formula is C48H44N2O2. The number of hydrogen-bond acceptors (Lipinski definition) is 4. The zero-order valence-corrected chi connectivity index (χ0v) is 30.2. The third kappa shape index (κ3) is 7.26. The highest BCUT2D eigenvalue weighted by atomic mass is 16.3. The number of nitrogens with zero attached hydrogens (tertiary/aromatic N) is 2. The molecule has 0 atom stereocenters. The maximum Gasteiger partial charge on any atom is 0.0681 e. The predicted octanol–water partition coefficient (Wildman–Crippen LogP) is 12.2. The Labute approximate surface area is 307 Å². The van der Waals surface area contributed by atoms with Crippen LogP contribution in [0.5, 0.6) is 0 Å². The Morgan fingerprint density at radius 1 is 0.308 bits per heavy atom. The highest BCUT2D eigenvalue weighted by molar-refractivity contribution is 5.81. The van der Waals surface area contributed by atoms with E-state index in [9.17, 15) is 10.2 Å². The molecule has 52 heavy (non-hydrogen) atoms. The summed E-state index contributed by atoms with van der Waals surface area (Å²) in [6.07, 6.45) is 0. The molecule has 0 aliphatic heterocycles. The minimum Gasteiger partial charge on any atom is -0.392 e. The minimum atomic E-state index is 0.0245. The average molecular weight is 681 g/mol. The van der Waals surface area contributed by atoms with E-state index in [2.05, 4.69) is 171 Å². The van der Waals surface area contributed by atoms with Crippen molar-refractivity contribution < 1.29 is 10.2 Å². The lowest BCUT2D eigenvalue weighted by Gasteiger charge is -2.26. The molecule has 7 aromatic rings. The zero-order valence-electron chi connectivity index (χ0n) is 30.2. The van der Waals surface area contributed by atoms with Crippen LogP contribution in [0.15, 0.2) is 158 Å². The molecule has 0 heterocycles. The van der Waals surface area contributed by atoms with Gasteiger partial charge >= 0.3 is 0 Å². The van der Waals surface area contributed by atoms with E-state index in [-0.39, 0.29) is 13.2 Å². The normalized spacial score (nSPS) is 11.0. The first kappa shape index (κ1) is 34.5. The topological polar surface area (TPSA) is 46.9 Å². The minimum absolute atomic E-state index is 0.0245. The smallest absolute Gasteiger partial charge is 0.0681 e. The van der Waals surface area contributed by atoms with Gasteiger partial charge in [-0.2, -0.15) is 0 Å². The van der Waals surface area contributed by atoms with Gasteiger partial charge in [-0.25, -0.2) is 0 Å². The van der Waals surface area contributed by atoms with Crippen LogP contribution in [0.3, 0.4) is 0 Å². The highest BCUT2D eigenvalue weighted by Crippen LogP contribution is 2.39. The first-order valence-corrected chi connectivity index (χ1v) is 17.8. The van der Waals surface area contributed by atoms with E-state index < -0.39 is 0 Å². The summed E-state index contributed by atoms with van der Waals surface area (Å²) in [5.41, 5.74) is 17.8. The molecule has 0 bridgehead atoms. The SMILES string of the molecule is Cc1ccc(N(c2ccc(CO)cc2)c2ccc(-c3ccc(-c4ccc(N(c5ccc(CO)cc5)c5ccc(C)c(C)c5)cc4)cc3)cc2)cc1C. The molecule has 2 N–H and O–H groups in total. The van der Waals surface area contributed by atoms with Crippen molar-refractivity contribution in [2.24, 2.45) is 0 Å². The fraction of sp³-hybridized carbons (Fsp3) is 0.125. The second-order valence-corrected chi connectivity index (χ2v) is 13.5. The highest BCUT2D eigenvalue weighted by Gasteiger charge is 2.16. The number of aryl methyl sites for hydroxylation is 4. The summed E-state index contributed by atoms with van der Waals surface area (Å²) in [4.78, 5) is 4.52. The summed E-state index contributed by atoms with van der Waals surface area (Å²) in [5.74, 6) is 0. The number of aliphatic hydroxyl groups is 2. The van der Waals surface area contributed by atoms with Gasteiger partial charge in [0.05, 0.1) is 13.2 Å². The molecule has 0 aliphatic carbocycles. The second kappa shape index (κ2) is 15.1. The number of aliphatic hydroxyl groups excluding tert-OH is 2. The Morgan fingerprint density at radius 2 is 0.558 bits per heavy atom. The van der Waals surface area contributed by atoms with Crippen molar-refractivity contribution in [3.8, 4) is 22.3 Å². The molecule has 0 saturated carbocycles. The van der Waals surface area contributed by atoms with Gasteiger partial charge in [0, 0.05) is 34.1 Å². The van der Waals surface area contributed by atoms with Crippen LogP contribution in [-0.2, 0) is 13.2 Å². The first-order chi connectivity index (χ1) is 25.3. The maximum absolute atomic E-state index is 9.61. The van der Waals surface area contributed by atoms with Gasteiger partial charge in [-0.15, -0.1) is 0 Å². The van der Waals surface area contributed by atoms with Crippen LogP contribution in [0.1, 0.15) is 33.4 Å². The summed E-state index contributed by atoms with van der Waals surface area (Å²) in [6, 6.07) is 55.5. The van der Waals surface area contributed by atoms with E-state index in [4.69, 9.17) is 0 Å². The van der Waals surface area contributed by atoms with Crippen molar-refractivity contribution in [2.45, 2.75) is 40.9 Å². The maximum atomic E-state index is 9.61. The lowest BCUT2D eigenvalue weighted by Crippen LogP contribution is -2.10. The van der Waals surface area contributed by atoms with E-state index in [0.29, 0.717) is 0 Å². The van der Waals surface area contributed by atoms with Crippen molar-refractivity contribution in [3.63, 3.8) is 0 Å². The van der Waals surface area contributed by atoms with Crippen LogP contribution in [0.25, 0.3) is 22.3 Å². The van der Waals surface area contributed by atoms with Crippen LogP contribution in [-0.4, -0.2) is 10.2 Å². The summed E-state index contributed by atoms with van der Waals surface area (Å²) in [7, 11) is 0. The Bertz CT molecular complexity index is 2110. The van der Waals surface area contributed by atoms with E-state index in [1.165, 1.54) is 22.3 Å². The van der Waals surface area contributed by atoms with Gasteiger partial charge in [0.25, 0.3) is 0 Å². The Balaban J connectivity index is 1.14. The molecule has 0 unspecified atom stereocenters. The Kier molecular flexibility index (Phi) is 10.0. The van der Waals surface area contributed by atoms with Gasteiger partial charge in [-0.3, -0.25) is 0 Å². The molecule has 4 heteroatoms. The van der Waals surface area contributed by atoms with Gasteiger partial charge in [0.1, 0.15) is 0 Å². The van der Waals surface area contributed by atoms with Gasteiger partial charge in [0.2, 0.25) is 0 Å². The standard InChI is InChI=1S/C48H44N2O2/c1-33-5-19-47(29-35(33)3)49(43-21-7-37(31-51)8-22-43)45-25-15-41(16-26-45)39-11-13-40(14-12-39)42-17-27-46(28-18-42)50(44-23-9-38(32-52)10-24-44)48-20-6-34(2)36(4)30-48/h5-30,51-52H,31-32H2,1-4H3. The van der Waals surface area contributed by atoms with E-state index in [1.807, 2.05) is 24.3 Å². The largest absolute Gasteiger partial charge is 0.392 e. The molecule has 0 aromatic heterocycles. The Hall–Kier alpha value is -5.94. The van der Waals surface area contributed by atoms with Gasteiger partial charge in [0.15, 0.2) is 0 Å². The fourth-order valence-electron chi connectivity index (χ4n) is 6.59. The molecule has 7 rings (SSSR count). The third-order valence-electron chi connectivity index (χ3n) is 10.1. The summed E-state index contributed by atoms with van der Waals surface area (Å²) in [6.45, 7) is 8.61. The molecule has 0 fully saturated rings. The average Bonchev–Trinajstić information content (AvgIpc) is 3.19. The van der Waals surface area contributed by atoms with Crippen molar-refractivity contribution in [2.75, 3.05) is 9.80 Å². The molecule has 0 radical (unpaired) electrons. The Morgan fingerprint density at radius 3 is 0.827 bits per heavy atom. The molecule has 0 aliphatic rings. The van der Waals surface area contributed by atoms with Crippen molar-refractivity contribution in [1.29, 1.82) is 0 Å². The zero-order chi connectivity index (χ0) is 36.2. The molecule has 258 valence electrons. The summed E-state index contributed by atoms with van der Waals surface area (Å²) in [5, 5.41) is 19.2. The number of benzene rings is 7. The predicted molar refractivity (Wildman–Crippen MR) is 217 cm³/mol. The molecular weight excluding hydrogens is 637 g/mol. The number of rotatable bonds is 10. The summed E-state index contributed by atoms with van der Waals surface area (Å²) >= 11 is 0. The van der Waals surface area contributed by atoms with E-state index in [1.54, 1.807) is 0 Å². The molecule has 4 nitrogen and oxygen atoms in total. The van der Waals surface area contributed by atoms with Crippen LogP contribution >= 0.6 is 0 Å². The van der Waals surface area contributed by atoms with Crippen molar-refractivity contribution in [3.05, 3.63) is 191 Å². The van der Waals surface area contributed by atoms with Gasteiger partial charge in [-0.1, -0.05) is 84.9 Å². The fourth-order valence-corrected chi connectivity index (χ4v) is 6.59. The van der Waals surface area contributed by atoms with Crippen LogP contribution in [0.2, 0.25) is 0 Å². The first-order valence-electron chi connectivity index (χ1n) is 17.8.